The Balaban J connectivity index is 1.83. The molecule has 1 heterocycles. The molecule has 1 aliphatic rings. The van der Waals surface area contributed by atoms with Crippen molar-refractivity contribution in [2.45, 2.75) is 26.8 Å². The monoisotopic (exact) mass is 369 g/mol. The van der Waals surface area contributed by atoms with Gasteiger partial charge in [0.1, 0.15) is 0 Å². The van der Waals surface area contributed by atoms with Gasteiger partial charge in [0.15, 0.2) is 11.5 Å². The smallest absolute Gasteiger partial charge is 0.335 e. The van der Waals surface area contributed by atoms with Crippen molar-refractivity contribution in [3.63, 3.8) is 0 Å². The van der Waals surface area contributed by atoms with Gasteiger partial charge >= 0.3 is 5.97 Å². The van der Waals surface area contributed by atoms with Crippen molar-refractivity contribution in [1.82, 2.24) is 4.90 Å². The van der Waals surface area contributed by atoms with E-state index in [1.165, 1.54) is 0 Å². The predicted octanol–water partition coefficient (Wildman–Crippen LogP) is 3.38. The number of carbonyl (C=O) groups excluding carboxylic acids is 1. The van der Waals surface area contributed by atoms with Gasteiger partial charge in [-0.3, -0.25) is 4.79 Å². The fraction of sp³-hybridized carbons (Fsp3) is 0.333. The summed E-state index contributed by atoms with van der Waals surface area (Å²) in [6.07, 6.45) is 0.705. The molecule has 0 atom stereocenters. The molecule has 0 radical (unpaired) electrons. The van der Waals surface area contributed by atoms with E-state index >= 15 is 0 Å². The molecule has 1 amide bonds. The number of carbonyl (C=O) groups is 2. The third-order valence-corrected chi connectivity index (χ3v) is 4.54. The average molecular weight is 369 g/mol. The number of benzene rings is 2. The third-order valence-electron chi connectivity index (χ3n) is 4.54. The van der Waals surface area contributed by atoms with Crippen molar-refractivity contribution in [3.8, 4) is 11.5 Å². The lowest BCUT2D eigenvalue weighted by Gasteiger charge is -2.29. The number of amides is 1. The molecule has 0 fully saturated rings. The molecule has 0 spiro atoms. The van der Waals surface area contributed by atoms with Crippen LogP contribution in [0.3, 0.4) is 0 Å². The highest BCUT2D eigenvalue weighted by Crippen LogP contribution is 2.30. The van der Waals surface area contributed by atoms with E-state index in [1.54, 1.807) is 35.2 Å². The molecule has 6 nitrogen and oxygen atoms in total. The molecule has 0 aliphatic carbocycles. The van der Waals surface area contributed by atoms with Crippen LogP contribution < -0.4 is 9.47 Å². The van der Waals surface area contributed by atoms with Crippen molar-refractivity contribution in [3.05, 3.63) is 58.7 Å². The average Bonchev–Trinajstić information content (AvgIpc) is 2.68. The standard InChI is InChI=1S/C21H23NO5/c1-3-26-18-8-7-15(12-19(18)27-4-2)20(23)22-10-9-14-5-6-16(21(24)25)11-17(14)13-22/h5-8,11-12H,3-4,9-10,13H2,1-2H3,(H,24,25). The molecule has 1 aliphatic heterocycles. The topological polar surface area (TPSA) is 76.1 Å². The first-order valence-corrected chi connectivity index (χ1v) is 9.07. The molecule has 2 aromatic carbocycles. The van der Waals surface area contributed by atoms with E-state index in [2.05, 4.69) is 0 Å². The zero-order valence-corrected chi connectivity index (χ0v) is 15.5. The fourth-order valence-corrected chi connectivity index (χ4v) is 3.23. The van der Waals surface area contributed by atoms with Crippen LogP contribution in [0.5, 0.6) is 11.5 Å². The molecule has 3 rings (SSSR count). The Morgan fingerprint density at radius 2 is 1.67 bits per heavy atom. The van der Waals surface area contributed by atoms with Gasteiger partial charge in [0.2, 0.25) is 0 Å². The van der Waals surface area contributed by atoms with E-state index in [-0.39, 0.29) is 11.5 Å². The minimum Gasteiger partial charge on any atom is -0.490 e. The molecule has 2 aromatic rings. The van der Waals surface area contributed by atoms with Crippen LogP contribution in [0.2, 0.25) is 0 Å². The second-order valence-electron chi connectivity index (χ2n) is 6.29. The number of fused-ring (bicyclic) bond motifs is 1. The lowest BCUT2D eigenvalue weighted by molar-refractivity contribution is 0.0696. The van der Waals surface area contributed by atoms with E-state index < -0.39 is 5.97 Å². The van der Waals surface area contributed by atoms with Gasteiger partial charge in [-0.1, -0.05) is 6.07 Å². The van der Waals surface area contributed by atoms with Gasteiger partial charge in [0.25, 0.3) is 5.91 Å². The van der Waals surface area contributed by atoms with Crippen LogP contribution in [0, 0.1) is 0 Å². The number of nitrogens with zero attached hydrogens (tertiary/aromatic N) is 1. The van der Waals surface area contributed by atoms with Crippen molar-refractivity contribution in [1.29, 1.82) is 0 Å². The summed E-state index contributed by atoms with van der Waals surface area (Å²) >= 11 is 0. The van der Waals surface area contributed by atoms with Crippen LogP contribution >= 0.6 is 0 Å². The van der Waals surface area contributed by atoms with Gasteiger partial charge in [-0.05, 0) is 61.7 Å². The Kier molecular flexibility index (Phi) is 5.64. The lowest BCUT2D eigenvalue weighted by atomic mass is 9.97. The van der Waals surface area contributed by atoms with E-state index in [0.717, 1.165) is 11.1 Å². The number of carboxylic acid groups (broad SMARTS) is 1. The normalized spacial score (nSPS) is 13.0. The second kappa shape index (κ2) is 8.12. The zero-order valence-electron chi connectivity index (χ0n) is 15.5. The van der Waals surface area contributed by atoms with E-state index in [1.807, 2.05) is 19.9 Å². The summed E-state index contributed by atoms with van der Waals surface area (Å²) in [6.45, 7) is 5.76. The maximum atomic E-state index is 13.0. The SMILES string of the molecule is CCOc1ccc(C(=O)N2CCc3ccc(C(=O)O)cc3C2)cc1OCC. The van der Waals surface area contributed by atoms with Crippen molar-refractivity contribution < 1.29 is 24.2 Å². The summed E-state index contributed by atoms with van der Waals surface area (Å²) in [4.78, 5) is 25.9. The van der Waals surface area contributed by atoms with Crippen LogP contribution in [0.4, 0.5) is 0 Å². The summed E-state index contributed by atoms with van der Waals surface area (Å²) in [5, 5.41) is 9.18. The second-order valence-corrected chi connectivity index (χ2v) is 6.29. The largest absolute Gasteiger partial charge is 0.490 e. The van der Waals surface area contributed by atoms with Crippen LogP contribution in [0.15, 0.2) is 36.4 Å². The van der Waals surface area contributed by atoms with E-state index in [0.29, 0.717) is 49.8 Å². The Hall–Kier alpha value is -3.02. The number of hydrogen-bond donors (Lipinski definition) is 1. The third kappa shape index (κ3) is 4.05. The summed E-state index contributed by atoms with van der Waals surface area (Å²) in [5.74, 6) is 0.0984. The zero-order chi connectivity index (χ0) is 19.4. The Labute approximate surface area is 158 Å². The van der Waals surface area contributed by atoms with Crippen LogP contribution in [-0.4, -0.2) is 41.6 Å². The van der Waals surface area contributed by atoms with Crippen LogP contribution in [0.1, 0.15) is 45.7 Å². The maximum Gasteiger partial charge on any atom is 0.335 e. The Bertz CT molecular complexity index is 862. The minimum absolute atomic E-state index is 0.106. The minimum atomic E-state index is -0.964. The number of aromatic carboxylic acids is 1. The number of rotatable bonds is 6. The van der Waals surface area contributed by atoms with Crippen LogP contribution in [-0.2, 0) is 13.0 Å². The van der Waals surface area contributed by atoms with Crippen molar-refractivity contribution in [2.24, 2.45) is 0 Å². The first-order valence-electron chi connectivity index (χ1n) is 9.07. The number of hydrogen-bond acceptors (Lipinski definition) is 4. The number of ether oxygens (including phenoxy) is 2. The molecule has 0 saturated carbocycles. The van der Waals surface area contributed by atoms with Gasteiger partial charge in [-0.25, -0.2) is 4.79 Å². The molecule has 0 aromatic heterocycles. The predicted molar refractivity (Wildman–Crippen MR) is 101 cm³/mol. The molecular weight excluding hydrogens is 346 g/mol. The van der Waals surface area contributed by atoms with Gasteiger partial charge < -0.3 is 19.5 Å². The van der Waals surface area contributed by atoms with Gasteiger partial charge in [-0.2, -0.15) is 0 Å². The summed E-state index contributed by atoms with van der Waals surface area (Å²) < 4.78 is 11.2. The Morgan fingerprint density at radius 3 is 2.37 bits per heavy atom. The first-order chi connectivity index (χ1) is 13.0. The molecule has 1 N–H and O–H groups in total. The first kappa shape index (κ1) is 18.8. The maximum absolute atomic E-state index is 13.0. The molecule has 6 heteroatoms. The highest BCUT2D eigenvalue weighted by atomic mass is 16.5. The number of carboxylic acids is 1. The molecule has 27 heavy (non-hydrogen) atoms. The fourth-order valence-electron chi connectivity index (χ4n) is 3.23. The quantitative estimate of drug-likeness (QED) is 0.845. The van der Waals surface area contributed by atoms with Gasteiger partial charge in [-0.15, -0.1) is 0 Å². The highest BCUT2D eigenvalue weighted by molar-refractivity contribution is 5.95. The van der Waals surface area contributed by atoms with Crippen molar-refractivity contribution in [2.75, 3.05) is 19.8 Å². The highest BCUT2D eigenvalue weighted by Gasteiger charge is 2.23. The summed E-state index contributed by atoms with van der Waals surface area (Å²) in [5.41, 5.74) is 2.73. The Morgan fingerprint density at radius 1 is 0.963 bits per heavy atom. The molecule has 0 unspecified atom stereocenters. The van der Waals surface area contributed by atoms with Crippen molar-refractivity contribution >= 4 is 11.9 Å². The summed E-state index contributed by atoms with van der Waals surface area (Å²) in [6, 6.07) is 10.3. The molecule has 0 saturated heterocycles. The molecule has 142 valence electrons. The molecular formula is C21H23NO5. The molecule has 0 bridgehead atoms. The van der Waals surface area contributed by atoms with Gasteiger partial charge in [0.05, 0.1) is 18.8 Å². The van der Waals surface area contributed by atoms with E-state index in [9.17, 15) is 14.7 Å². The van der Waals surface area contributed by atoms with Crippen LogP contribution in [0.25, 0.3) is 0 Å². The van der Waals surface area contributed by atoms with Gasteiger partial charge in [0, 0.05) is 18.7 Å². The van der Waals surface area contributed by atoms with E-state index in [4.69, 9.17) is 9.47 Å². The lowest BCUT2D eigenvalue weighted by Crippen LogP contribution is -2.36. The summed E-state index contributed by atoms with van der Waals surface area (Å²) in [7, 11) is 0.